The van der Waals surface area contributed by atoms with Gasteiger partial charge in [0.2, 0.25) is 0 Å². The monoisotopic (exact) mass is 171 g/mol. The topological polar surface area (TPSA) is 62.7 Å². The molecule has 1 rings (SSSR count). The smallest absolute Gasteiger partial charge is 0.125 e. The Morgan fingerprint density at radius 3 is 2.92 bits per heavy atom. The predicted molar refractivity (Wildman–Crippen MR) is 50.5 cm³/mol. The normalized spacial score (nSPS) is 8.31. The van der Waals surface area contributed by atoms with Crippen LogP contribution in [0, 0.1) is 30.1 Å². The third kappa shape index (κ3) is 2.84. The molecule has 0 atom stereocenters. The molecule has 0 aliphatic rings. The summed E-state index contributed by atoms with van der Waals surface area (Å²) in [4.78, 5) is 4.00. The lowest BCUT2D eigenvalue weighted by Crippen LogP contribution is -1.93. The van der Waals surface area contributed by atoms with Gasteiger partial charge in [0.1, 0.15) is 11.5 Å². The van der Waals surface area contributed by atoms with E-state index in [2.05, 4.69) is 16.8 Å². The SMILES string of the molecule is Cc1cc(N)nc(C#CCC#N)c1. The molecular weight excluding hydrogens is 162 g/mol. The van der Waals surface area contributed by atoms with Crippen LogP contribution >= 0.6 is 0 Å². The molecule has 0 aliphatic heterocycles. The summed E-state index contributed by atoms with van der Waals surface area (Å²) in [6.07, 6.45) is 0.218. The minimum atomic E-state index is 0.218. The van der Waals surface area contributed by atoms with Crippen molar-refractivity contribution in [3.05, 3.63) is 23.4 Å². The summed E-state index contributed by atoms with van der Waals surface area (Å²) in [5, 5.41) is 8.26. The molecule has 3 heteroatoms. The van der Waals surface area contributed by atoms with E-state index in [1.165, 1.54) is 0 Å². The number of aryl methyl sites for hydroxylation is 1. The maximum atomic E-state index is 8.26. The Balaban J connectivity index is 2.92. The Hall–Kier alpha value is -2.00. The number of nitrogens with two attached hydrogens (primary N) is 1. The molecule has 0 aromatic carbocycles. The van der Waals surface area contributed by atoms with Crippen LogP contribution in [0.2, 0.25) is 0 Å². The molecular formula is C10H9N3. The van der Waals surface area contributed by atoms with Crippen LogP contribution in [0.25, 0.3) is 0 Å². The van der Waals surface area contributed by atoms with Crippen LogP contribution in [0.3, 0.4) is 0 Å². The van der Waals surface area contributed by atoms with Gasteiger partial charge < -0.3 is 5.73 Å². The summed E-state index contributed by atoms with van der Waals surface area (Å²) in [5.41, 5.74) is 7.16. The van der Waals surface area contributed by atoms with Gasteiger partial charge in [-0.3, -0.25) is 0 Å². The van der Waals surface area contributed by atoms with E-state index in [-0.39, 0.29) is 6.42 Å². The van der Waals surface area contributed by atoms with Crippen molar-refractivity contribution in [2.24, 2.45) is 0 Å². The fraction of sp³-hybridized carbons (Fsp3) is 0.200. The van der Waals surface area contributed by atoms with Crippen LogP contribution in [-0.4, -0.2) is 4.98 Å². The van der Waals surface area contributed by atoms with E-state index in [1.54, 1.807) is 6.07 Å². The Kier molecular flexibility index (Phi) is 2.89. The lowest BCUT2D eigenvalue weighted by atomic mass is 10.2. The van der Waals surface area contributed by atoms with Gasteiger partial charge in [-0.1, -0.05) is 5.92 Å². The van der Waals surface area contributed by atoms with Crippen molar-refractivity contribution in [1.82, 2.24) is 4.98 Å². The van der Waals surface area contributed by atoms with Gasteiger partial charge in [0.15, 0.2) is 0 Å². The van der Waals surface area contributed by atoms with E-state index in [9.17, 15) is 0 Å². The summed E-state index contributed by atoms with van der Waals surface area (Å²) in [6, 6.07) is 5.54. The number of aromatic nitrogens is 1. The number of anilines is 1. The van der Waals surface area contributed by atoms with E-state index in [1.807, 2.05) is 19.1 Å². The van der Waals surface area contributed by atoms with Crippen LogP contribution in [0.1, 0.15) is 17.7 Å². The molecule has 0 fully saturated rings. The zero-order valence-electron chi connectivity index (χ0n) is 7.33. The summed E-state index contributed by atoms with van der Waals surface area (Å²) in [6.45, 7) is 1.92. The highest BCUT2D eigenvalue weighted by molar-refractivity contribution is 5.40. The van der Waals surface area contributed by atoms with Gasteiger partial charge >= 0.3 is 0 Å². The number of pyridine rings is 1. The first-order chi connectivity index (χ1) is 6.22. The lowest BCUT2D eigenvalue weighted by Gasteiger charge is -1.95. The van der Waals surface area contributed by atoms with Gasteiger partial charge in [-0.05, 0) is 30.5 Å². The molecule has 2 N–H and O–H groups in total. The fourth-order valence-corrected chi connectivity index (χ4v) is 0.933. The molecule has 1 aromatic heterocycles. The van der Waals surface area contributed by atoms with Crippen LogP contribution < -0.4 is 5.73 Å². The molecule has 1 heterocycles. The Labute approximate surface area is 77.2 Å². The maximum Gasteiger partial charge on any atom is 0.125 e. The fourth-order valence-electron chi connectivity index (χ4n) is 0.933. The van der Waals surface area contributed by atoms with Crippen LogP contribution in [0.5, 0.6) is 0 Å². The highest BCUT2D eigenvalue weighted by atomic mass is 14.8. The Bertz CT molecular complexity index is 384. The van der Waals surface area contributed by atoms with E-state index < -0.39 is 0 Å². The van der Waals surface area contributed by atoms with Gasteiger partial charge in [0.25, 0.3) is 0 Å². The molecule has 3 nitrogen and oxygen atoms in total. The van der Waals surface area contributed by atoms with Crippen LogP contribution in [0.15, 0.2) is 12.1 Å². The zero-order valence-corrected chi connectivity index (χ0v) is 7.33. The third-order valence-corrected chi connectivity index (χ3v) is 1.37. The number of nitrogens with zero attached hydrogens (tertiary/aromatic N) is 2. The highest BCUT2D eigenvalue weighted by Gasteiger charge is 1.92. The molecule has 0 saturated carbocycles. The van der Waals surface area contributed by atoms with Gasteiger partial charge in [0, 0.05) is 0 Å². The van der Waals surface area contributed by atoms with Crippen molar-refractivity contribution in [3.8, 4) is 17.9 Å². The third-order valence-electron chi connectivity index (χ3n) is 1.37. The molecule has 1 aromatic rings. The molecule has 0 amide bonds. The number of nitrogen functional groups attached to an aromatic ring is 1. The van der Waals surface area contributed by atoms with Crippen molar-refractivity contribution < 1.29 is 0 Å². The minimum absolute atomic E-state index is 0.218. The molecule has 64 valence electrons. The van der Waals surface area contributed by atoms with E-state index in [0.717, 1.165) is 5.56 Å². The molecule has 0 aliphatic carbocycles. The molecule has 0 bridgehead atoms. The van der Waals surface area contributed by atoms with E-state index >= 15 is 0 Å². The summed E-state index contributed by atoms with van der Waals surface area (Å²) < 4.78 is 0. The quantitative estimate of drug-likeness (QED) is 0.597. The number of hydrogen-bond donors (Lipinski definition) is 1. The van der Waals surface area contributed by atoms with E-state index in [4.69, 9.17) is 11.0 Å². The van der Waals surface area contributed by atoms with Crippen molar-refractivity contribution in [2.45, 2.75) is 13.3 Å². The summed E-state index contributed by atoms with van der Waals surface area (Å²) >= 11 is 0. The number of nitriles is 1. The number of hydrogen-bond acceptors (Lipinski definition) is 3. The molecule has 0 radical (unpaired) electrons. The zero-order chi connectivity index (χ0) is 9.68. The maximum absolute atomic E-state index is 8.26. The molecule has 0 unspecified atom stereocenters. The largest absolute Gasteiger partial charge is 0.384 e. The second-order valence-electron chi connectivity index (χ2n) is 2.59. The van der Waals surface area contributed by atoms with Gasteiger partial charge in [-0.25, -0.2) is 4.98 Å². The van der Waals surface area contributed by atoms with Crippen molar-refractivity contribution in [1.29, 1.82) is 5.26 Å². The second kappa shape index (κ2) is 4.13. The summed E-state index contributed by atoms with van der Waals surface area (Å²) in [5.74, 6) is 5.90. The van der Waals surface area contributed by atoms with Crippen LogP contribution in [0.4, 0.5) is 5.82 Å². The molecule has 13 heavy (non-hydrogen) atoms. The first-order valence-electron chi connectivity index (χ1n) is 3.82. The standard InChI is InChI=1S/C10H9N3/c1-8-6-9(4-2-3-5-11)13-10(12)7-8/h6-7H,3H2,1H3,(H2,12,13). The van der Waals surface area contributed by atoms with Gasteiger partial charge in [0.05, 0.1) is 12.5 Å². The van der Waals surface area contributed by atoms with Gasteiger partial charge in [-0.2, -0.15) is 5.26 Å². The van der Waals surface area contributed by atoms with E-state index in [0.29, 0.717) is 11.5 Å². The summed E-state index contributed by atoms with van der Waals surface area (Å²) in [7, 11) is 0. The lowest BCUT2D eigenvalue weighted by molar-refractivity contribution is 1.26. The Morgan fingerprint density at radius 2 is 2.31 bits per heavy atom. The average Bonchev–Trinajstić information content (AvgIpc) is 2.03. The first kappa shape index (κ1) is 9.09. The van der Waals surface area contributed by atoms with Crippen molar-refractivity contribution in [3.63, 3.8) is 0 Å². The van der Waals surface area contributed by atoms with Crippen molar-refractivity contribution >= 4 is 5.82 Å². The molecule has 0 spiro atoms. The van der Waals surface area contributed by atoms with Crippen molar-refractivity contribution in [2.75, 3.05) is 5.73 Å². The van der Waals surface area contributed by atoms with Gasteiger partial charge in [-0.15, -0.1) is 0 Å². The number of rotatable bonds is 0. The Morgan fingerprint density at radius 1 is 1.54 bits per heavy atom. The average molecular weight is 171 g/mol. The highest BCUT2D eigenvalue weighted by Crippen LogP contribution is 2.04. The molecule has 0 saturated heterocycles. The second-order valence-corrected chi connectivity index (χ2v) is 2.59. The predicted octanol–water partition coefficient (Wildman–Crippen LogP) is 1.24. The minimum Gasteiger partial charge on any atom is -0.384 e. The first-order valence-corrected chi connectivity index (χ1v) is 3.82. The van der Waals surface area contributed by atoms with Crippen LogP contribution in [-0.2, 0) is 0 Å².